The van der Waals surface area contributed by atoms with Crippen LogP contribution < -0.4 is 5.32 Å². The van der Waals surface area contributed by atoms with Gasteiger partial charge in [-0.05, 0) is 42.3 Å². The van der Waals surface area contributed by atoms with Crippen molar-refractivity contribution in [3.63, 3.8) is 0 Å². The lowest BCUT2D eigenvalue weighted by Crippen LogP contribution is -2.33. The highest BCUT2D eigenvalue weighted by atomic mass is 19.2. The Morgan fingerprint density at radius 1 is 1.09 bits per heavy atom. The molecule has 0 saturated heterocycles. The topological polar surface area (TPSA) is 75.0 Å². The molecule has 1 N–H and O–H groups in total. The first-order valence-corrected chi connectivity index (χ1v) is 10.4. The van der Waals surface area contributed by atoms with Crippen molar-refractivity contribution in [2.45, 2.75) is 25.5 Å². The number of amides is 1. The Labute approximate surface area is 190 Å². The van der Waals surface area contributed by atoms with Gasteiger partial charge < -0.3 is 10.1 Å². The van der Waals surface area contributed by atoms with Gasteiger partial charge in [-0.2, -0.15) is 5.26 Å². The van der Waals surface area contributed by atoms with Crippen LogP contribution in [0.2, 0.25) is 0 Å². The molecular formula is C26H21F2N3O2. The molecule has 7 heteroatoms. The number of nitrogens with one attached hydrogen (secondary N) is 1. The summed E-state index contributed by atoms with van der Waals surface area (Å²) in [5, 5.41) is 12.3. The molecule has 1 aliphatic rings. The number of ether oxygens (including phenoxy) is 1. The molecule has 0 fully saturated rings. The van der Waals surface area contributed by atoms with Crippen molar-refractivity contribution in [3.8, 4) is 6.07 Å². The Morgan fingerprint density at radius 2 is 1.85 bits per heavy atom. The van der Waals surface area contributed by atoms with Crippen LogP contribution in [0.1, 0.15) is 45.2 Å². The van der Waals surface area contributed by atoms with E-state index in [0.717, 1.165) is 11.1 Å². The lowest BCUT2D eigenvalue weighted by molar-refractivity contribution is 0.0757. The van der Waals surface area contributed by atoms with E-state index < -0.39 is 17.1 Å². The number of nitriles is 1. The van der Waals surface area contributed by atoms with Crippen LogP contribution in [0, 0.1) is 11.3 Å². The molecule has 33 heavy (non-hydrogen) atoms. The third-order valence-corrected chi connectivity index (χ3v) is 5.58. The van der Waals surface area contributed by atoms with E-state index in [2.05, 4.69) is 16.4 Å². The molecule has 3 aromatic rings. The number of halogens is 2. The largest absolute Gasteiger partial charge is 0.375 e. The van der Waals surface area contributed by atoms with Crippen LogP contribution >= 0.6 is 0 Å². The van der Waals surface area contributed by atoms with Crippen molar-refractivity contribution in [1.29, 1.82) is 5.26 Å². The van der Waals surface area contributed by atoms with E-state index in [1.54, 1.807) is 43.3 Å². The Morgan fingerprint density at radius 3 is 2.61 bits per heavy atom. The zero-order valence-electron chi connectivity index (χ0n) is 17.9. The van der Waals surface area contributed by atoms with Crippen molar-refractivity contribution in [1.82, 2.24) is 10.3 Å². The molecule has 1 aromatic heterocycles. The zero-order valence-corrected chi connectivity index (χ0v) is 17.9. The molecule has 1 amide bonds. The third kappa shape index (κ3) is 4.66. The van der Waals surface area contributed by atoms with E-state index in [9.17, 15) is 18.8 Å². The van der Waals surface area contributed by atoms with Crippen molar-refractivity contribution < 1.29 is 18.3 Å². The van der Waals surface area contributed by atoms with Gasteiger partial charge in [-0.3, -0.25) is 9.78 Å². The molecule has 4 rings (SSSR count). The van der Waals surface area contributed by atoms with Crippen LogP contribution in [0.15, 0.2) is 66.9 Å². The van der Waals surface area contributed by atoms with Crippen LogP contribution in [0.5, 0.6) is 0 Å². The standard InChI is InChI=1S/C26H21F2N3O2/c1-26(15-29)16-33-14-20-8-7-19(12-22(20)26)25(32)31-13-21-11-18(9-10-30-21)24(28)23(27)17-5-3-2-4-6-17/h2-12H,13-14,16H2,1H3,(H,31,32)/b24-23+/t26-/m1/s1. The highest BCUT2D eigenvalue weighted by molar-refractivity contribution is 5.94. The summed E-state index contributed by atoms with van der Waals surface area (Å²) < 4.78 is 34.7. The van der Waals surface area contributed by atoms with Crippen molar-refractivity contribution in [2.24, 2.45) is 0 Å². The minimum Gasteiger partial charge on any atom is -0.375 e. The Balaban J connectivity index is 1.50. The molecule has 0 aliphatic carbocycles. The maximum Gasteiger partial charge on any atom is 0.251 e. The van der Waals surface area contributed by atoms with Gasteiger partial charge in [-0.15, -0.1) is 0 Å². The number of pyridine rings is 1. The summed E-state index contributed by atoms with van der Waals surface area (Å²) in [4.78, 5) is 16.9. The van der Waals surface area contributed by atoms with Gasteiger partial charge in [-0.25, -0.2) is 8.78 Å². The first kappa shape index (κ1) is 22.3. The highest BCUT2D eigenvalue weighted by Gasteiger charge is 2.33. The molecule has 1 atom stereocenters. The van der Waals surface area contributed by atoms with E-state index in [0.29, 0.717) is 17.9 Å². The lowest BCUT2D eigenvalue weighted by atomic mass is 9.79. The molecule has 0 bridgehead atoms. The molecule has 2 aromatic carbocycles. The van der Waals surface area contributed by atoms with Crippen LogP contribution in [0.4, 0.5) is 8.78 Å². The summed E-state index contributed by atoms with van der Waals surface area (Å²) in [6, 6.07) is 18.1. The van der Waals surface area contributed by atoms with Crippen LogP contribution in [-0.2, 0) is 23.3 Å². The lowest BCUT2D eigenvalue weighted by Gasteiger charge is -2.30. The van der Waals surface area contributed by atoms with Gasteiger partial charge in [0.15, 0.2) is 11.7 Å². The third-order valence-electron chi connectivity index (χ3n) is 5.58. The molecule has 166 valence electrons. The van der Waals surface area contributed by atoms with Crippen LogP contribution in [-0.4, -0.2) is 17.5 Å². The number of carbonyl (C=O) groups is 1. The summed E-state index contributed by atoms with van der Waals surface area (Å²) in [5.41, 5.74) is 1.77. The first-order valence-electron chi connectivity index (χ1n) is 10.4. The number of rotatable bonds is 5. The number of hydrogen-bond acceptors (Lipinski definition) is 4. The van der Waals surface area contributed by atoms with E-state index >= 15 is 0 Å². The fraction of sp³-hybridized carbons (Fsp3) is 0.192. The smallest absolute Gasteiger partial charge is 0.251 e. The Kier molecular flexibility index (Phi) is 6.29. The van der Waals surface area contributed by atoms with Gasteiger partial charge in [0.1, 0.15) is 5.41 Å². The molecule has 1 aliphatic heterocycles. The number of nitrogens with zero attached hydrogens (tertiary/aromatic N) is 2. The SMILES string of the molecule is C[C@@]1(C#N)COCc2ccc(C(=O)NCc3cc(/C(F)=C(\F)c4ccccc4)ccn3)cc21. The predicted molar refractivity (Wildman–Crippen MR) is 120 cm³/mol. The average molecular weight is 445 g/mol. The zero-order chi connectivity index (χ0) is 23.4. The molecule has 5 nitrogen and oxygen atoms in total. The Bertz CT molecular complexity index is 1270. The van der Waals surface area contributed by atoms with Crippen molar-refractivity contribution >= 4 is 17.6 Å². The van der Waals surface area contributed by atoms with Gasteiger partial charge in [0.05, 0.1) is 31.5 Å². The second kappa shape index (κ2) is 9.31. The van der Waals surface area contributed by atoms with Crippen molar-refractivity contribution in [2.75, 3.05) is 6.61 Å². The van der Waals surface area contributed by atoms with Crippen molar-refractivity contribution in [3.05, 3.63) is 100 Å². The van der Waals surface area contributed by atoms with Gasteiger partial charge >= 0.3 is 0 Å². The molecule has 0 unspecified atom stereocenters. The first-order chi connectivity index (χ1) is 15.9. The number of benzene rings is 2. The fourth-order valence-electron chi connectivity index (χ4n) is 3.71. The monoisotopic (exact) mass is 445 g/mol. The van der Waals surface area contributed by atoms with Crippen LogP contribution in [0.3, 0.4) is 0 Å². The summed E-state index contributed by atoms with van der Waals surface area (Å²) in [6.07, 6.45) is 1.37. The number of hydrogen-bond donors (Lipinski definition) is 1. The second-order valence-corrected chi connectivity index (χ2v) is 8.02. The van der Waals surface area contributed by atoms with E-state index in [1.807, 2.05) is 0 Å². The maximum absolute atomic E-state index is 14.7. The second-order valence-electron chi connectivity index (χ2n) is 8.02. The van der Waals surface area contributed by atoms with Gasteiger partial charge in [0.25, 0.3) is 5.91 Å². The minimum absolute atomic E-state index is 0.0304. The molecule has 0 radical (unpaired) electrons. The maximum atomic E-state index is 14.7. The summed E-state index contributed by atoms with van der Waals surface area (Å²) in [5.74, 6) is -2.32. The number of aromatic nitrogens is 1. The van der Waals surface area contributed by atoms with E-state index in [4.69, 9.17) is 4.74 Å². The van der Waals surface area contributed by atoms with E-state index in [1.165, 1.54) is 30.5 Å². The minimum atomic E-state index is -0.996. The van der Waals surface area contributed by atoms with E-state index in [-0.39, 0.29) is 30.2 Å². The fourth-order valence-corrected chi connectivity index (χ4v) is 3.71. The summed E-state index contributed by atoms with van der Waals surface area (Å²) in [7, 11) is 0. The molecule has 2 heterocycles. The Hall–Kier alpha value is -3.89. The molecular weight excluding hydrogens is 424 g/mol. The van der Waals surface area contributed by atoms with Crippen LogP contribution in [0.25, 0.3) is 11.7 Å². The molecule has 0 spiro atoms. The summed E-state index contributed by atoms with van der Waals surface area (Å²) >= 11 is 0. The average Bonchev–Trinajstić information content (AvgIpc) is 2.87. The number of carbonyl (C=O) groups excluding carboxylic acids is 1. The molecule has 0 saturated carbocycles. The number of fused-ring (bicyclic) bond motifs is 1. The van der Waals surface area contributed by atoms with Gasteiger partial charge in [0.2, 0.25) is 0 Å². The predicted octanol–water partition coefficient (Wildman–Crippen LogP) is 5.09. The summed E-state index contributed by atoms with van der Waals surface area (Å²) in [6.45, 7) is 2.46. The van der Waals surface area contributed by atoms with Gasteiger partial charge in [-0.1, -0.05) is 36.4 Å². The highest BCUT2D eigenvalue weighted by Crippen LogP contribution is 2.32. The normalized spacial score (nSPS) is 18.0. The quantitative estimate of drug-likeness (QED) is 0.594. The van der Waals surface area contributed by atoms with Gasteiger partial charge in [0, 0.05) is 22.9 Å².